The third-order valence-corrected chi connectivity index (χ3v) is 6.05. The van der Waals surface area contributed by atoms with Gasteiger partial charge in [-0.15, -0.1) is 0 Å². The third kappa shape index (κ3) is 6.44. The largest absolute Gasteiger partial charge is 0.496 e. The second-order valence-electron chi connectivity index (χ2n) is 8.79. The van der Waals surface area contributed by atoms with Gasteiger partial charge in [-0.3, -0.25) is 9.48 Å². The Balaban J connectivity index is 1.43. The number of carbonyl (C=O) groups is 1. The van der Waals surface area contributed by atoms with E-state index in [0.29, 0.717) is 29.3 Å². The minimum atomic E-state index is -0.287. The summed E-state index contributed by atoms with van der Waals surface area (Å²) in [5.74, 6) is 0.910. The highest BCUT2D eigenvalue weighted by Crippen LogP contribution is 2.24. The molecule has 6 nitrogen and oxygen atoms in total. The summed E-state index contributed by atoms with van der Waals surface area (Å²) in [5, 5.41) is 7.39. The van der Waals surface area contributed by atoms with Crippen molar-refractivity contribution in [2.24, 2.45) is 0 Å². The summed E-state index contributed by atoms with van der Waals surface area (Å²) in [7, 11) is 1.62. The number of hydrogen-bond donors (Lipinski definition) is 1. The molecule has 0 aliphatic rings. The molecule has 0 saturated carbocycles. The van der Waals surface area contributed by atoms with Crippen molar-refractivity contribution >= 4 is 17.7 Å². The molecule has 0 fully saturated rings. The number of aryl methyl sites for hydroxylation is 2. The van der Waals surface area contributed by atoms with Crippen molar-refractivity contribution in [1.82, 2.24) is 9.78 Å². The molecule has 1 heterocycles. The molecule has 4 aromatic rings. The topological polar surface area (TPSA) is 65.4 Å². The Morgan fingerprint density at radius 1 is 1.03 bits per heavy atom. The molecular weight excluding hydrogens is 469 g/mol. The summed E-state index contributed by atoms with van der Waals surface area (Å²) < 4.78 is 27.2. The Morgan fingerprint density at radius 3 is 2.51 bits per heavy atom. The van der Waals surface area contributed by atoms with Crippen LogP contribution in [0.1, 0.15) is 33.6 Å². The van der Waals surface area contributed by atoms with Crippen molar-refractivity contribution in [3.8, 4) is 11.5 Å². The SMILES string of the molecule is COc1ccc(/C=C/C(=O)Nc2c(C)nn(Cc3ccccc3F)c2C)cc1COc1ccc(C)cc1. The zero-order chi connectivity index (χ0) is 26.4. The van der Waals surface area contributed by atoms with Gasteiger partial charge in [0.15, 0.2) is 0 Å². The van der Waals surface area contributed by atoms with E-state index in [1.807, 2.05) is 63.2 Å². The van der Waals surface area contributed by atoms with E-state index >= 15 is 0 Å². The maximum atomic E-state index is 14.1. The Hall–Kier alpha value is -4.39. The van der Waals surface area contributed by atoms with Crippen molar-refractivity contribution in [2.45, 2.75) is 33.9 Å². The van der Waals surface area contributed by atoms with Crippen LogP contribution in [0.5, 0.6) is 11.5 Å². The first-order valence-corrected chi connectivity index (χ1v) is 12.0. The lowest BCUT2D eigenvalue weighted by Crippen LogP contribution is -2.10. The Morgan fingerprint density at radius 2 is 1.78 bits per heavy atom. The minimum Gasteiger partial charge on any atom is -0.496 e. The van der Waals surface area contributed by atoms with Gasteiger partial charge in [0, 0.05) is 17.2 Å². The van der Waals surface area contributed by atoms with E-state index in [0.717, 1.165) is 28.1 Å². The Kier molecular flexibility index (Phi) is 8.03. The fourth-order valence-corrected chi connectivity index (χ4v) is 3.97. The molecule has 4 rings (SSSR count). The van der Waals surface area contributed by atoms with Gasteiger partial charge in [0.1, 0.15) is 23.9 Å². The van der Waals surface area contributed by atoms with Crippen LogP contribution in [0.2, 0.25) is 0 Å². The first kappa shape index (κ1) is 25.7. The standard InChI is InChI=1S/C30H30FN3O3/c1-20-9-13-26(14-10-20)37-19-25-17-23(11-15-28(25)36-4)12-16-29(35)32-30-21(2)33-34(22(30)3)18-24-7-5-6-8-27(24)31/h5-17H,18-19H2,1-4H3,(H,32,35)/b16-12+. The quantitative estimate of drug-likeness (QED) is 0.277. The van der Waals surface area contributed by atoms with Crippen molar-refractivity contribution < 1.29 is 18.7 Å². The highest BCUT2D eigenvalue weighted by Gasteiger charge is 2.14. The van der Waals surface area contributed by atoms with Crippen LogP contribution in [0.25, 0.3) is 6.08 Å². The van der Waals surface area contributed by atoms with Gasteiger partial charge in [-0.25, -0.2) is 4.39 Å². The average molecular weight is 500 g/mol. The Bertz CT molecular complexity index is 1420. The number of benzene rings is 3. The molecule has 0 atom stereocenters. The van der Waals surface area contributed by atoms with Crippen molar-refractivity contribution in [3.05, 3.63) is 112 Å². The molecule has 7 heteroatoms. The normalized spacial score (nSPS) is 11.1. The number of hydrogen-bond acceptors (Lipinski definition) is 4. The van der Waals surface area contributed by atoms with E-state index in [9.17, 15) is 9.18 Å². The Labute approximate surface area is 216 Å². The van der Waals surface area contributed by atoms with E-state index in [-0.39, 0.29) is 18.3 Å². The fourth-order valence-electron chi connectivity index (χ4n) is 3.97. The summed E-state index contributed by atoms with van der Waals surface area (Å²) >= 11 is 0. The van der Waals surface area contributed by atoms with Gasteiger partial charge < -0.3 is 14.8 Å². The zero-order valence-corrected chi connectivity index (χ0v) is 21.4. The smallest absolute Gasteiger partial charge is 0.248 e. The molecule has 0 saturated heterocycles. The molecule has 1 amide bonds. The van der Waals surface area contributed by atoms with Gasteiger partial charge in [0.25, 0.3) is 0 Å². The summed E-state index contributed by atoms with van der Waals surface area (Å²) in [4.78, 5) is 12.7. The van der Waals surface area contributed by atoms with Crippen LogP contribution in [0.3, 0.4) is 0 Å². The summed E-state index contributed by atoms with van der Waals surface area (Å²) in [5.41, 5.74) is 5.44. The molecule has 0 unspecified atom stereocenters. The molecule has 0 radical (unpaired) electrons. The van der Waals surface area contributed by atoms with Gasteiger partial charge >= 0.3 is 0 Å². The second-order valence-corrected chi connectivity index (χ2v) is 8.79. The molecule has 37 heavy (non-hydrogen) atoms. The highest BCUT2D eigenvalue weighted by molar-refractivity contribution is 6.02. The minimum absolute atomic E-state index is 0.282. The summed E-state index contributed by atoms with van der Waals surface area (Å²) in [6.45, 7) is 6.31. The van der Waals surface area contributed by atoms with Crippen molar-refractivity contribution in [2.75, 3.05) is 12.4 Å². The highest BCUT2D eigenvalue weighted by atomic mass is 19.1. The third-order valence-electron chi connectivity index (χ3n) is 6.05. The lowest BCUT2D eigenvalue weighted by Gasteiger charge is -2.11. The van der Waals surface area contributed by atoms with Crippen LogP contribution in [0, 0.1) is 26.6 Å². The number of rotatable bonds is 9. The lowest BCUT2D eigenvalue weighted by molar-refractivity contribution is -0.111. The molecule has 1 aromatic heterocycles. The zero-order valence-electron chi connectivity index (χ0n) is 21.4. The number of anilines is 1. The molecular formula is C30H30FN3O3. The summed E-state index contributed by atoms with van der Waals surface area (Å²) in [6.07, 6.45) is 3.21. The van der Waals surface area contributed by atoms with Gasteiger partial charge in [0.05, 0.1) is 30.7 Å². The van der Waals surface area contributed by atoms with E-state index < -0.39 is 0 Å². The van der Waals surface area contributed by atoms with Gasteiger partial charge in [-0.1, -0.05) is 42.0 Å². The maximum absolute atomic E-state index is 14.1. The van der Waals surface area contributed by atoms with Crippen LogP contribution in [0.15, 0.2) is 72.8 Å². The van der Waals surface area contributed by atoms with Gasteiger partial charge in [0.2, 0.25) is 5.91 Å². The van der Waals surface area contributed by atoms with Crippen LogP contribution in [-0.2, 0) is 17.9 Å². The molecule has 0 bridgehead atoms. The monoisotopic (exact) mass is 499 g/mol. The van der Waals surface area contributed by atoms with Crippen LogP contribution in [0.4, 0.5) is 10.1 Å². The first-order chi connectivity index (χ1) is 17.8. The number of amides is 1. The van der Waals surface area contributed by atoms with Crippen LogP contribution >= 0.6 is 0 Å². The number of nitrogens with zero attached hydrogens (tertiary/aromatic N) is 2. The van der Waals surface area contributed by atoms with Crippen molar-refractivity contribution in [1.29, 1.82) is 0 Å². The second kappa shape index (κ2) is 11.6. The number of aromatic nitrogens is 2. The fraction of sp³-hybridized carbons (Fsp3) is 0.200. The average Bonchev–Trinajstić information content (AvgIpc) is 3.15. The predicted molar refractivity (Wildman–Crippen MR) is 143 cm³/mol. The van der Waals surface area contributed by atoms with E-state index in [2.05, 4.69) is 10.4 Å². The number of methoxy groups -OCH3 is 1. The molecule has 0 aliphatic carbocycles. The number of ether oxygens (including phenoxy) is 2. The van der Waals surface area contributed by atoms with E-state index in [4.69, 9.17) is 9.47 Å². The first-order valence-electron chi connectivity index (χ1n) is 12.0. The number of carbonyl (C=O) groups excluding carboxylic acids is 1. The molecule has 0 aliphatic heterocycles. The van der Waals surface area contributed by atoms with E-state index in [1.54, 1.807) is 36.1 Å². The summed E-state index contributed by atoms with van der Waals surface area (Å²) in [6, 6.07) is 20.1. The number of halogens is 1. The van der Waals surface area contributed by atoms with Crippen LogP contribution in [-0.4, -0.2) is 22.8 Å². The lowest BCUT2D eigenvalue weighted by atomic mass is 10.1. The van der Waals surface area contributed by atoms with Gasteiger partial charge in [-0.05, 0) is 62.7 Å². The van der Waals surface area contributed by atoms with Gasteiger partial charge in [-0.2, -0.15) is 5.10 Å². The molecule has 190 valence electrons. The number of nitrogens with one attached hydrogen (secondary N) is 1. The van der Waals surface area contributed by atoms with Crippen LogP contribution < -0.4 is 14.8 Å². The molecule has 1 N–H and O–H groups in total. The van der Waals surface area contributed by atoms with Crippen molar-refractivity contribution in [3.63, 3.8) is 0 Å². The predicted octanol–water partition coefficient (Wildman–Crippen LogP) is 6.24. The van der Waals surface area contributed by atoms with E-state index in [1.165, 1.54) is 12.1 Å². The molecule has 3 aromatic carbocycles. The molecule has 0 spiro atoms. The maximum Gasteiger partial charge on any atom is 0.248 e.